The average Bonchev–Trinajstić information content (AvgIpc) is 2.81. The number of carbonyl (C=O) groups excluding carboxylic acids is 1. The zero-order chi connectivity index (χ0) is 13.1. The Labute approximate surface area is 103 Å². The van der Waals surface area contributed by atoms with Crippen LogP contribution in [0.3, 0.4) is 0 Å². The molecule has 94 valence electrons. The summed E-state index contributed by atoms with van der Waals surface area (Å²) in [6.45, 7) is -0.440. The smallest absolute Gasteiger partial charge is 0.340 e. The van der Waals surface area contributed by atoms with Crippen LogP contribution in [0.15, 0.2) is 4.79 Å². The summed E-state index contributed by atoms with van der Waals surface area (Å²) in [5.74, 6) is -0.718. The average molecular weight is 248 g/mol. The van der Waals surface area contributed by atoms with Crippen LogP contribution >= 0.6 is 0 Å². The molecule has 0 unspecified atom stereocenters. The maximum absolute atomic E-state index is 11.9. The first kappa shape index (κ1) is 12.3. The number of esters is 1. The van der Waals surface area contributed by atoms with Crippen molar-refractivity contribution in [2.24, 2.45) is 0 Å². The number of nitrogens with one attached hydrogen (secondary N) is 1. The van der Waals surface area contributed by atoms with Crippen molar-refractivity contribution < 1.29 is 14.6 Å². The Kier molecular flexibility index (Phi) is 3.44. The van der Waals surface area contributed by atoms with Crippen molar-refractivity contribution in [3.8, 4) is 6.07 Å². The van der Waals surface area contributed by atoms with Crippen molar-refractivity contribution in [3.05, 3.63) is 32.7 Å². The summed E-state index contributed by atoms with van der Waals surface area (Å²) in [5, 5.41) is 17.6. The molecule has 0 aromatic carbocycles. The number of ether oxygens (including phenoxy) is 1. The number of hydrogen-bond donors (Lipinski definition) is 2. The molecule has 0 aliphatic heterocycles. The van der Waals surface area contributed by atoms with Gasteiger partial charge in [0.15, 0.2) is 0 Å². The molecule has 18 heavy (non-hydrogen) atoms. The summed E-state index contributed by atoms with van der Waals surface area (Å²) in [7, 11) is 0. The highest BCUT2D eigenvalue weighted by Crippen LogP contribution is 2.24. The van der Waals surface area contributed by atoms with Gasteiger partial charge in [0.25, 0.3) is 5.56 Å². The summed E-state index contributed by atoms with van der Waals surface area (Å²) in [6, 6.07) is 1.74. The topological polar surface area (TPSA) is 103 Å². The molecule has 0 amide bonds. The largest absolute Gasteiger partial charge is 0.460 e. The minimum atomic E-state index is -0.718. The number of aryl methyl sites for hydroxylation is 1. The number of aromatic amines is 1. The zero-order valence-electron chi connectivity index (χ0n) is 9.65. The second kappa shape index (κ2) is 5.02. The molecule has 2 rings (SSSR count). The third-order valence-electron chi connectivity index (χ3n) is 2.90. The monoisotopic (exact) mass is 248 g/mol. The second-order valence-corrected chi connectivity index (χ2v) is 3.99. The molecule has 1 aromatic heterocycles. The van der Waals surface area contributed by atoms with Crippen LogP contribution in [0.25, 0.3) is 0 Å². The van der Waals surface area contributed by atoms with Crippen LogP contribution in [0.1, 0.15) is 33.6 Å². The number of rotatable bonds is 3. The van der Waals surface area contributed by atoms with Crippen LogP contribution in [0.5, 0.6) is 0 Å². The van der Waals surface area contributed by atoms with Crippen LogP contribution in [-0.2, 0) is 17.6 Å². The fraction of sp³-hybridized carbons (Fsp3) is 0.417. The van der Waals surface area contributed by atoms with E-state index in [0.717, 1.165) is 6.42 Å². The van der Waals surface area contributed by atoms with Gasteiger partial charge in [-0.3, -0.25) is 4.79 Å². The minimum Gasteiger partial charge on any atom is -0.460 e. The standard InChI is InChI=1S/C12H12N2O4/c13-6-8-10(12(17)18-5-4-15)7-2-1-3-9(7)14-11(8)16/h15H,1-5H2,(H,14,16). The summed E-state index contributed by atoms with van der Waals surface area (Å²) < 4.78 is 4.81. The normalized spacial score (nSPS) is 12.9. The molecule has 0 radical (unpaired) electrons. The van der Waals surface area contributed by atoms with Gasteiger partial charge in [-0.15, -0.1) is 0 Å². The lowest BCUT2D eigenvalue weighted by atomic mass is 10.0. The van der Waals surface area contributed by atoms with Gasteiger partial charge in [0.1, 0.15) is 18.2 Å². The number of carbonyl (C=O) groups is 1. The van der Waals surface area contributed by atoms with E-state index < -0.39 is 11.5 Å². The molecule has 0 atom stereocenters. The quantitative estimate of drug-likeness (QED) is 0.726. The lowest BCUT2D eigenvalue weighted by Gasteiger charge is -2.09. The van der Waals surface area contributed by atoms with E-state index in [9.17, 15) is 9.59 Å². The molecule has 0 saturated heterocycles. The Balaban J connectivity index is 2.54. The van der Waals surface area contributed by atoms with Crippen LogP contribution in [0.4, 0.5) is 0 Å². The summed E-state index contributed by atoms with van der Waals surface area (Å²) >= 11 is 0. The van der Waals surface area contributed by atoms with E-state index in [2.05, 4.69) is 4.98 Å². The summed E-state index contributed by atoms with van der Waals surface area (Å²) in [6.07, 6.45) is 2.17. The second-order valence-electron chi connectivity index (χ2n) is 3.99. The number of aromatic nitrogens is 1. The van der Waals surface area contributed by atoms with Gasteiger partial charge >= 0.3 is 5.97 Å². The highest BCUT2D eigenvalue weighted by atomic mass is 16.5. The van der Waals surface area contributed by atoms with E-state index in [1.54, 1.807) is 6.07 Å². The number of pyridine rings is 1. The van der Waals surface area contributed by atoms with E-state index >= 15 is 0 Å². The van der Waals surface area contributed by atoms with Crippen molar-refractivity contribution in [2.45, 2.75) is 19.3 Å². The van der Waals surface area contributed by atoms with E-state index in [4.69, 9.17) is 15.1 Å². The Hall–Kier alpha value is -2.13. The summed E-state index contributed by atoms with van der Waals surface area (Å²) in [4.78, 5) is 26.2. The number of hydrogen-bond acceptors (Lipinski definition) is 5. The SMILES string of the molecule is N#Cc1c(C(=O)OCCO)c2c([nH]c1=O)CCC2. The zero-order valence-corrected chi connectivity index (χ0v) is 9.65. The minimum absolute atomic E-state index is 0.0576. The highest BCUT2D eigenvalue weighted by molar-refractivity contribution is 5.94. The van der Waals surface area contributed by atoms with Gasteiger partial charge in [-0.05, 0) is 24.8 Å². The molecule has 2 N–H and O–H groups in total. The van der Waals surface area contributed by atoms with Crippen molar-refractivity contribution in [1.29, 1.82) is 5.26 Å². The molecule has 6 heteroatoms. The highest BCUT2D eigenvalue weighted by Gasteiger charge is 2.26. The molecule has 1 aliphatic rings. The van der Waals surface area contributed by atoms with Gasteiger partial charge in [0.2, 0.25) is 0 Å². The maximum Gasteiger partial charge on any atom is 0.340 e. The molecule has 0 bridgehead atoms. The number of nitrogens with zero attached hydrogens (tertiary/aromatic N) is 1. The first-order chi connectivity index (χ1) is 8.69. The van der Waals surface area contributed by atoms with E-state index in [1.807, 2.05) is 0 Å². The molecule has 1 aliphatic carbocycles. The molecule has 1 heterocycles. The van der Waals surface area contributed by atoms with Gasteiger partial charge in [0.05, 0.1) is 12.2 Å². The fourth-order valence-electron chi connectivity index (χ4n) is 2.16. The van der Waals surface area contributed by atoms with Crippen LogP contribution < -0.4 is 5.56 Å². The predicted octanol–water partition coefficient (Wildman–Crippen LogP) is -0.116. The number of H-pyrrole nitrogens is 1. The third-order valence-corrected chi connectivity index (χ3v) is 2.90. The lowest BCUT2D eigenvalue weighted by Crippen LogP contribution is -2.22. The van der Waals surface area contributed by atoms with Gasteiger partial charge < -0.3 is 14.8 Å². The van der Waals surface area contributed by atoms with Crippen LogP contribution in [0, 0.1) is 11.3 Å². The molecule has 0 saturated carbocycles. The van der Waals surface area contributed by atoms with Crippen molar-refractivity contribution >= 4 is 5.97 Å². The van der Waals surface area contributed by atoms with E-state index in [-0.39, 0.29) is 24.3 Å². The van der Waals surface area contributed by atoms with E-state index in [1.165, 1.54) is 0 Å². The Bertz CT molecular complexity index is 583. The lowest BCUT2D eigenvalue weighted by molar-refractivity contribution is 0.0432. The van der Waals surface area contributed by atoms with Crippen molar-refractivity contribution in [1.82, 2.24) is 4.98 Å². The Morgan fingerprint density at radius 3 is 2.94 bits per heavy atom. The molecule has 6 nitrogen and oxygen atoms in total. The van der Waals surface area contributed by atoms with Gasteiger partial charge in [-0.25, -0.2) is 4.79 Å². The molecule has 0 fully saturated rings. The fourth-order valence-corrected chi connectivity index (χ4v) is 2.16. The van der Waals surface area contributed by atoms with E-state index in [0.29, 0.717) is 24.1 Å². The number of aliphatic hydroxyl groups is 1. The summed E-state index contributed by atoms with van der Waals surface area (Å²) in [5.41, 5.74) is 0.680. The number of nitriles is 1. The molecule has 1 aromatic rings. The number of aliphatic hydroxyl groups excluding tert-OH is 1. The number of fused-ring (bicyclic) bond motifs is 1. The predicted molar refractivity (Wildman–Crippen MR) is 61.2 cm³/mol. The Morgan fingerprint density at radius 1 is 1.50 bits per heavy atom. The Morgan fingerprint density at radius 2 is 2.28 bits per heavy atom. The van der Waals surface area contributed by atoms with Crippen LogP contribution in [0.2, 0.25) is 0 Å². The van der Waals surface area contributed by atoms with Gasteiger partial charge in [-0.1, -0.05) is 0 Å². The van der Waals surface area contributed by atoms with Gasteiger partial charge in [-0.2, -0.15) is 5.26 Å². The molecular weight excluding hydrogens is 236 g/mol. The van der Waals surface area contributed by atoms with Crippen LogP contribution in [-0.4, -0.2) is 29.3 Å². The van der Waals surface area contributed by atoms with Crippen molar-refractivity contribution in [2.75, 3.05) is 13.2 Å². The third kappa shape index (κ3) is 2.00. The first-order valence-corrected chi connectivity index (χ1v) is 5.65. The molecular formula is C12H12N2O4. The van der Waals surface area contributed by atoms with Gasteiger partial charge in [0, 0.05) is 5.69 Å². The van der Waals surface area contributed by atoms with Crippen molar-refractivity contribution in [3.63, 3.8) is 0 Å². The maximum atomic E-state index is 11.9. The molecule has 0 spiro atoms. The first-order valence-electron chi connectivity index (χ1n) is 5.65.